The quantitative estimate of drug-likeness (QED) is 0.692. The largest absolute Gasteiger partial charge is 0.380 e. The van der Waals surface area contributed by atoms with E-state index in [1.165, 1.54) is 12.1 Å². The van der Waals surface area contributed by atoms with Crippen molar-refractivity contribution < 1.29 is 12.6 Å². The lowest BCUT2D eigenvalue weighted by molar-refractivity contribution is 0.488. The van der Waals surface area contributed by atoms with Gasteiger partial charge in [0.2, 0.25) is 0 Å². The highest BCUT2D eigenvalue weighted by Crippen LogP contribution is 2.21. The minimum absolute atomic E-state index is 0.0956. The van der Waals surface area contributed by atoms with Crippen LogP contribution in [0.5, 0.6) is 5.75 Å². The Hall–Kier alpha value is -2.62. The highest BCUT2D eigenvalue weighted by molar-refractivity contribution is 7.84. The summed E-state index contributed by atoms with van der Waals surface area (Å²) in [6.45, 7) is 0. The van der Waals surface area contributed by atoms with Gasteiger partial charge >= 0.3 is 10.3 Å². The van der Waals surface area contributed by atoms with Gasteiger partial charge in [-0.3, -0.25) is 0 Å². The molecule has 0 heterocycles. The number of nitrogens with two attached hydrogens (primary N) is 1. The van der Waals surface area contributed by atoms with Gasteiger partial charge in [-0.1, -0.05) is 30.3 Å². The first-order chi connectivity index (χ1) is 9.98. The molecule has 0 radical (unpaired) electrons. The van der Waals surface area contributed by atoms with Gasteiger partial charge in [-0.05, 0) is 41.5 Å². The fraction of sp³-hybridized carbons (Fsp3) is 0. The number of hydrogen-bond acceptors (Lipinski definition) is 4. The van der Waals surface area contributed by atoms with Crippen LogP contribution in [-0.4, -0.2) is 8.42 Å². The van der Waals surface area contributed by atoms with Crippen LogP contribution in [0.25, 0.3) is 11.6 Å². The highest BCUT2D eigenvalue weighted by atomic mass is 32.2. The summed E-state index contributed by atoms with van der Waals surface area (Å²) in [4.78, 5) is 0. The summed E-state index contributed by atoms with van der Waals surface area (Å²) in [6, 6.07) is 17.6. The van der Waals surface area contributed by atoms with Gasteiger partial charge < -0.3 is 4.18 Å². The predicted molar refractivity (Wildman–Crippen MR) is 80.1 cm³/mol. The van der Waals surface area contributed by atoms with Crippen LogP contribution in [0, 0.1) is 11.3 Å². The summed E-state index contributed by atoms with van der Waals surface area (Å²) >= 11 is 0. The third-order valence-electron chi connectivity index (χ3n) is 2.61. The van der Waals surface area contributed by atoms with E-state index < -0.39 is 10.3 Å². The number of rotatable bonds is 4. The number of hydrogen-bond donors (Lipinski definition) is 1. The van der Waals surface area contributed by atoms with Crippen molar-refractivity contribution in [1.29, 1.82) is 5.26 Å². The van der Waals surface area contributed by atoms with Crippen LogP contribution in [-0.2, 0) is 10.3 Å². The van der Waals surface area contributed by atoms with Gasteiger partial charge in [0.05, 0.1) is 11.6 Å². The SMILES string of the molecule is N#CC(=Cc1ccccc1)c1ccc(OS(N)(=O)=O)cc1. The Balaban J connectivity index is 2.28. The van der Waals surface area contributed by atoms with Gasteiger partial charge in [-0.15, -0.1) is 0 Å². The fourth-order valence-electron chi connectivity index (χ4n) is 1.72. The molecular formula is C15H12N2O3S. The molecule has 0 aliphatic rings. The fourth-order valence-corrected chi connectivity index (χ4v) is 2.10. The van der Waals surface area contributed by atoms with Crippen molar-refractivity contribution in [2.24, 2.45) is 5.14 Å². The Morgan fingerprint density at radius 3 is 2.24 bits per heavy atom. The average Bonchev–Trinajstić information content (AvgIpc) is 2.45. The normalized spacial score (nSPS) is 11.7. The summed E-state index contributed by atoms with van der Waals surface area (Å²) in [6.07, 6.45) is 1.75. The van der Waals surface area contributed by atoms with Crippen molar-refractivity contribution in [3.63, 3.8) is 0 Å². The molecule has 0 fully saturated rings. The maximum Gasteiger partial charge on any atom is 0.380 e. The van der Waals surface area contributed by atoms with Gasteiger partial charge in [0.1, 0.15) is 5.75 Å². The van der Waals surface area contributed by atoms with Crippen LogP contribution in [0.1, 0.15) is 11.1 Å². The van der Waals surface area contributed by atoms with Gasteiger partial charge in [0, 0.05) is 0 Å². The van der Waals surface area contributed by atoms with Gasteiger partial charge in [0.25, 0.3) is 0 Å². The highest BCUT2D eigenvalue weighted by Gasteiger charge is 2.06. The molecule has 0 spiro atoms. The van der Waals surface area contributed by atoms with E-state index in [9.17, 15) is 13.7 Å². The third-order valence-corrected chi connectivity index (χ3v) is 3.03. The zero-order valence-electron chi connectivity index (χ0n) is 10.9. The van der Waals surface area contributed by atoms with Crippen molar-refractivity contribution >= 4 is 22.0 Å². The van der Waals surface area contributed by atoms with E-state index in [2.05, 4.69) is 10.3 Å². The molecule has 2 aromatic rings. The predicted octanol–water partition coefficient (Wildman–Crippen LogP) is 2.33. The van der Waals surface area contributed by atoms with E-state index in [0.29, 0.717) is 11.1 Å². The number of nitriles is 1. The average molecular weight is 300 g/mol. The third kappa shape index (κ3) is 4.45. The molecule has 0 saturated heterocycles. The Labute approximate surface area is 123 Å². The smallest absolute Gasteiger partial charge is 0.371 e. The van der Waals surface area contributed by atoms with E-state index >= 15 is 0 Å². The molecule has 0 atom stereocenters. The van der Waals surface area contributed by atoms with Crippen LogP contribution in [0.15, 0.2) is 54.6 Å². The summed E-state index contributed by atoms with van der Waals surface area (Å²) in [7, 11) is -4.04. The molecule has 0 aliphatic heterocycles. The van der Waals surface area contributed by atoms with Crippen LogP contribution >= 0.6 is 0 Å². The molecule has 0 unspecified atom stereocenters. The van der Waals surface area contributed by atoms with E-state index in [1.54, 1.807) is 18.2 Å². The maximum atomic E-state index is 10.8. The summed E-state index contributed by atoms with van der Waals surface area (Å²) in [5.41, 5.74) is 2.02. The molecule has 6 heteroatoms. The number of allylic oxidation sites excluding steroid dienone is 1. The molecule has 5 nitrogen and oxygen atoms in total. The lowest BCUT2D eigenvalue weighted by atomic mass is 10.0. The Kier molecular flexibility index (Phi) is 4.38. The van der Waals surface area contributed by atoms with E-state index in [1.807, 2.05) is 30.3 Å². The minimum atomic E-state index is -4.04. The molecule has 0 aromatic heterocycles. The van der Waals surface area contributed by atoms with Gasteiger partial charge in [-0.2, -0.15) is 18.8 Å². The molecule has 0 saturated carbocycles. The Bertz CT molecular complexity index is 789. The molecule has 106 valence electrons. The zero-order valence-corrected chi connectivity index (χ0v) is 11.7. The standard InChI is InChI=1S/C15H12N2O3S/c16-11-14(10-12-4-2-1-3-5-12)13-6-8-15(9-7-13)20-21(17,18)19/h1-10H,(H2,17,18,19). The number of nitrogens with zero attached hydrogens (tertiary/aromatic N) is 1. The van der Waals surface area contributed by atoms with Crippen LogP contribution in [0.2, 0.25) is 0 Å². The van der Waals surface area contributed by atoms with Crippen LogP contribution in [0.4, 0.5) is 0 Å². The number of benzene rings is 2. The molecule has 2 N–H and O–H groups in total. The van der Waals surface area contributed by atoms with Crippen molar-refractivity contribution in [2.45, 2.75) is 0 Å². The van der Waals surface area contributed by atoms with Crippen molar-refractivity contribution in [3.8, 4) is 11.8 Å². The Morgan fingerprint density at radius 2 is 1.71 bits per heavy atom. The molecule has 21 heavy (non-hydrogen) atoms. The van der Waals surface area contributed by atoms with Crippen molar-refractivity contribution in [2.75, 3.05) is 0 Å². The molecular weight excluding hydrogens is 288 g/mol. The van der Waals surface area contributed by atoms with E-state index in [-0.39, 0.29) is 5.75 Å². The van der Waals surface area contributed by atoms with Crippen LogP contribution in [0.3, 0.4) is 0 Å². The first kappa shape index (κ1) is 14.8. The molecule has 2 aromatic carbocycles. The van der Waals surface area contributed by atoms with Crippen molar-refractivity contribution in [3.05, 3.63) is 65.7 Å². The lowest BCUT2D eigenvalue weighted by Gasteiger charge is -2.04. The summed E-state index contributed by atoms with van der Waals surface area (Å²) in [5, 5.41) is 14.0. The first-order valence-corrected chi connectivity index (χ1v) is 7.44. The lowest BCUT2D eigenvalue weighted by Crippen LogP contribution is -2.18. The van der Waals surface area contributed by atoms with E-state index in [0.717, 1.165) is 5.56 Å². The second kappa shape index (κ2) is 6.22. The summed E-state index contributed by atoms with van der Waals surface area (Å²) in [5.74, 6) is 0.0956. The zero-order chi connectivity index (χ0) is 15.3. The maximum absolute atomic E-state index is 10.8. The van der Waals surface area contributed by atoms with E-state index in [4.69, 9.17) is 5.14 Å². The molecule has 0 bridgehead atoms. The van der Waals surface area contributed by atoms with Gasteiger partial charge in [-0.25, -0.2) is 0 Å². The molecule has 0 amide bonds. The monoisotopic (exact) mass is 300 g/mol. The second-order valence-electron chi connectivity index (χ2n) is 4.18. The topological polar surface area (TPSA) is 93.2 Å². The minimum Gasteiger partial charge on any atom is -0.371 e. The molecule has 2 rings (SSSR count). The Morgan fingerprint density at radius 1 is 1.10 bits per heavy atom. The summed E-state index contributed by atoms with van der Waals surface area (Å²) < 4.78 is 26.2. The van der Waals surface area contributed by atoms with Gasteiger partial charge in [0.15, 0.2) is 0 Å². The second-order valence-corrected chi connectivity index (χ2v) is 5.33. The van der Waals surface area contributed by atoms with Crippen LogP contribution < -0.4 is 9.32 Å². The molecule has 0 aliphatic carbocycles. The first-order valence-electron chi connectivity index (χ1n) is 5.97. The van der Waals surface area contributed by atoms with Crippen molar-refractivity contribution in [1.82, 2.24) is 0 Å².